The van der Waals surface area contributed by atoms with Gasteiger partial charge in [0.25, 0.3) is 5.91 Å². The number of unbranched alkanes of at least 4 members (excludes halogenated alkanes) is 1. The van der Waals surface area contributed by atoms with Crippen molar-refractivity contribution in [2.24, 2.45) is 0 Å². The number of ether oxygens (including phenoxy) is 1. The zero-order chi connectivity index (χ0) is 21.5. The Labute approximate surface area is 189 Å². The summed E-state index contributed by atoms with van der Waals surface area (Å²) in [6, 6.07) is 16.6. The highest BCUT2D eigenvalue weighted by Crippen LogP contribution is 2.45. The lowest BCUT2D eigenvalue weighted by molar-refractivity contribution is 0.0601. The van der Waals surface area contributed by atoms with Crippen molar-refractivity contribution in [3.05, 3.63) is 70.1 Å². The van der Waals surface area contributed by atoms with Gasteiger partial charge in [-0.2, -0.15) is 0 Å². The van der Waals surface area contributed by atoms with Crippen molar-refractivity contribution in [2.45, 2.75) is 29.6 Å². The predicted octanol–water partition coefficient (Wildman–Crippen LogP) is 6.54. The molecule has 3 rings (SSSR count). The highest BCUT2D eigenvalue weighted by atomic mass is 35.5. The molecule has 4 nitrogen and oxygen atoms in total. The predicted molar refractivity (Wildman–Crippen MR) is 124 cm³/mol. The minimum absolute atomic E-state index is 0.0932. The number of rotatable bonds is 8. The van der Waals surface area contributed by atoms with Crippen LogP contribution in [-0.4, -0.2) is 25.5 Å². The maximum Gasteiger partial charge on any atom is 0.338 e. The van der Waals surface area contributed by atoms with E-state index in [1.807, 2.05) is 42.5 Å². The van der Waals surface area contributed by atoms with Crippen molar-refractivity contribution >= 4 is 46.6 Å². The number of hydrogen-bond donors (Lipinski definition) is 1. The first-order valence-corrected chi connectivity index (χ1v) is 11.6. The number of nitrogens with one attached hydrogen (secondary N) is 1. The molecule has 2 aromatic carbocycles. The lowest BCUT2D eigenvalue weighted by atomic mass is 10.1. The van der Waals surface area contributed by atoms with Crippen molar-refractivity contribution < 1.29 is 14.3 Å². The second kappa shape index (κ2) is 10.7. The zero-order valence-corrected chi connectivity index (χ0v) is 19.1. The van der Waals surface area contributed by atoms with Gasteiger partial charge in [-0.3, -0.25) is 4.79 Å². The van der Waals surface area contributed by atoms with Gasteiger partial charge in [-0.15, -0.1) is 11.3 Å². The third-order valence-corrected chi connectivity index (χ3v) is 6.96. The molecule has 1 aromatic heterocycles. The highest BCUT2D eigenvalue weighted by Gasteiger charge is 2.20. The first kappa shape index (κ1) is 22.4. The fourth-order valence-corrected chi connectivity index (χ4v) is 5.50. The molecule has 0 aliphatic carbocycles. The quantitative estimate of drug-likeness (QED) is 0.307. The zero-order valence-electron chi connectivity index (χ0n) is 16.7. The summed E-state index contributed by atoms with van der Waals surface area (Å²) in [7, 11) is 1.36. The number of benzene rings is 2. The molecule has 0 bridgehead atoms. The molecule has 0 fully saturated rings. The van der Waals surface area contributed by atoms with Gasteiger partial charge in [0, 0.05) is 21.9 Å². The standard InChI is InChI=1S/C23H22ClNO3S2/c1-3-4-13-25-22(26)17-11-7-8-12-18(17)29-19-14-20(24)30-21(19)15-9-5-6-10-16(15)23(27)28-2/h5-12,14H,3-4,13H2,1-2H3,(H,25,26). The van der Waals surface area contributed by atoms with E-state index in [2.05, 4.69) is 12.2 Å². The first-order valence-electron chi connectivity index (χ1n) is 9.57. The van der Waals surface area contributed by atoms with Gasteiger partial charge in [0.15, 0.2) is 0 Å². The fraction of sp³-hybridized carbons (Fsp3) is 0.217. The minimum atomic E-state index is -0.401. The Bertz CT molecular complexity index is 1050. The average Bonchev–Trinajstić information content (AvgIpc) is 3.13. The summed E-state index contributed by atoms with van der Waals surface area (Å²) in [6.45, 7) is 2.74. The summed E-state index contributed by atoms with van der Waals surface area (Å²) in [6.07, 6.45) is 1.96. The molecule has 0 saturated heterocycles. The first-order chi connectivity index (χ1) is 14.5. The molecule has 0 aliphatic rings. The van der Waals surface area contributed by atoms with Gasteiger partial charge in [-0.25, -0.2) is 4.79 Å². The molecule has 3 aromatic rings. The van der Waals surface area contributed by atoms with E-state index >= 15 is 0 Å². The van der Waals surface area contributed by atoms with E-state index in [1.54, 1.807) is 12.1 Å². The number of thiophene rings is 1. The van der Waals surface area contributed by atoms with Crippen LogP contribution in [0.4, 0.5) is 0 Å². The Kier molecular flexibility index (Phi) is 7.96. The Morgan fingerprint density at radius 3 is 2.50 bits per heavy atom. The smallest absolute Gasteiger partial charge is 0.338 e. The molecule has 1 N–H and O–H groups in total. The van der Waals surface area contributed by atoms with Crippen molar-refractivity contribution in [2.75, 3.05) is 13.7 Å². The van der Waals surface area contributed by atoms with Crippen LogP contribution in [0.15, 0.2) is 64.4 Å². The lowest BCUT2D eigenvalue weighted by Crippen LogP contribution is -2.24. The van der Waals surface area contributed by atoms with Gasteiger partial charge in [-0.1, -0.05) is 67.0 Å². The van der Waals surface area contributed by atoms with Crippen molar-refractivity contribution in [3.8, 4) is 10.4 Å². The highest BCUT2D eigenvalue weighted by molar-refractivity contribution is 7.99. The van der Waals surface area contributed by atoms with Gasteiger partial charge >= 0.3 is 5.97 Å². The molecule has 0 spiro atoms. The third-order valence-electron chi connectivity index (χ3n) is 4.41. The second-order valence-corrected chi connectivity index (χ2v) is 9.26. The SMILES string of the molecule is CCCCNC(=O)c1ccccc1Sc1cc(Cl)sc1-c1ccccc1C(=O)OC. The number of carbonyl (C=O) groups is 2. The molecule has 0 radical (unpaired) electrons. The summed E-state index contributed by atoms with van der Waals surface area (Å²) in [5.41, 5.74) is 1.85. The number of carbonyl (C=O) groups excluding carboxylic acids is 2. The van der Waals surface area contributed by atoms with Gasteiger partial charge in [-0.05, 0) is 30.7 Å². The Balaban J connectivity index is 1.96. The van der Waals surface area contributed by atoms with E-state index in [-0.39, 0.29) is 5.91 Å². The van der Waals surface area contributed by atoms with Gasteiger partial charge in [0.2, 0.25) is 0 Å². The van der Waals surface area contributed by atoms with Crippen LogP contribution in [0, 0.1) is 0 Å². The molecule has 0 aliphatic heterocycles. The van der Waals surface area contributed by atoms with Gasteiger partial charge < -0.3 is 10.1 Å². The molecule has 30 heavy (non-hydrogen) atoms. The second-order valence-electron chi connectivity index (χ2n) is 6.49. The Hall–Kier alpha value is -2.28. The summed E-state index contributed by atoms with van der Waals surface area (Å²) in [5.74, 6) is -0.494. The Morgan fingerprint density at radius 1 is 1.07 bits per heavy atom. The average molecular weight is 460 g/mol. The van der Waals surface area contributed by atoms with E-state index in [9.17, 15) is 9.59 Å². The van der Waals surface area contributed by atoms with Crippen LogP contribution >= 0.6 is 34.7 Å². The monoisotopic (exact) mass is 459 g/mol. The van der Waals surface area contributed by atoms with Crippen LogP contribution in [0.25, 0.3) is 10.4 Å². The van der Waals surface area contributed by atoms with Gasteiger partial charge in [0.05, 0.1) is 27.5 Å². The molecule has 7 heteroatoms. The lowest BCUT2D eigenvalue weighted by Gasteiger charge is -2.11. The van der Waals surface area contributed by atoms with Gasteiger partial charge in [0.1, 0.15) is 0 Å². The van der Waals surface area contributed by atoms with Crippen molar-refractivity contribution in [1.29, 1.82) is 0 Å². The van der Waals surface area contributed by atoms with Crippen LogP contribution < -0.4 is 5.32 Å². The fourth-order valence-electron chi connectivity index (χ4n) is 2.91. The van der Waals surface area contributed by atoms with E-state index in [4.69, 9.17) is 16.3 Å². The third kappa shape index (κ3) is 5.25. The molecule has 0 saturated carbocycles. The summed E-state index contributed by atoms with van der Waals surface area (Å²) in [4.78, 5) is 27.5. The maximum absolute atomic E-state index is 12.7. The number of methoxy groups -OCH3 is 1. The van der Waals surface area contributed by atoms with Crippen LogP contribution in [-0.2, 0) is 4.74 Å². The van der Waals surface area contributed by atoms with Crippen LogP contribution in [0.5, 0.6) is 0 Å². The number of esters is 1. The maximum atomic E-state index is 12.7. The molecule has 156 valence electrons. The van der Waals surface area contributed by atoms with E-state index < -0.39 is 5.97 Å². The normalized spacial score (nSPS) is 10.6. The molecular weight excluding hydrogens is 438 g/mol. The molecular formula is C23H22ClNO3S2. The van der Waals surface area contributed by atoms with Crippen LogP contribution in [0.3, 0.4) is 0 Å². The topological polar surface area (TPSA) is 55.4 Å². The summed E-state index contributed by atoms with van der Waals surface area (Å²) in [5, 5.41) is 2.97. The van der Waals surface area contributed by atoms with E-state index in [0.717, 1.165) is 33.1 Å². The van der Waals surface area contributed by atoms with Crippen molar-refractivity contribution in [3.63, 3.8) is 0 Å². The number of halogens is 1. The Morgan fingerprint density at radius 2 is 1.77 bits per heavy atom. The van der Waals surface area contributed by atoms with E-state index in [1.165, 1.54) is 30.2 Å². The van der Waals surface area contributed by atoms with E-state index in [0.29, 0.717) is 22.0 Å². The molecule has 1 heterocycles. The molecule has 0 unspecified atom stereocenters. The molecule has 1 amide bonds. The molecule has 0 atom stereocenters. The number of amides is 1. The van der Waals surface area contributed by atoms with Crippen LogP contribution in [0.2, 0.25) is 4.34 Å². The summed E-state index contributed by atoms with van der Waals surface area (Å²) < 4.78 is 5.54. The minimum Gasteiger partial charge on any atom is -0.465 e. The largest absolute Gasteiger partial charge is 0.465 e. The van der Waals surface area contributed by atoms with Crippen molar-refractivity contribution in [1.82, 2.24) is 5.32 Å². The summed E-state index contributed by atoms with van der Waals surface area (Å²) >= 11 is 9.21. The van der Waals surface area contributed by atoms with Crippen LogP contribution in [0.1, 0.15) is 40.5 Å². The number of hydrogen-bond acceptors (Lipinski definition) is 5.